The highest BCUT2D eigenvalue weighted by Crippen LogP contribution is 2.57. The topological polar surface area (TPSA) is 317 Å². The van der Waals surface area contributed by atoms with Crippen molar-refractivity contribution < 1.29 is 67.3 Å². The van der Waals surface area contributed by atoms with Gasteiger partial charge in [0.15, 0.2) is 23.7 Å². The number of nitrogens with zero attached hydrogens (tertiary/aromatic N) is 3. The predicted octanol–water partition coefficient (Wildman–Crippen LogP) is -4.86. The lowest BCUT2D eigenvalue weighted by atomic mass is 10.0. The van der Waals surface area contributed by atoms with E-state index in [1.54, 1.807) is 0 Å². The molecule has 2 unspecified atom stereocenters. The minimum Gasteiger partial charge on any atom is -0.756 e. The first kappa shape index (κ1) is 29.1. The summed E-state index contributed by atoms with van der Waals surface area (Å²) in [5.74, 6) is -0.280. The molecule has 22 heteroatoms. The molecule has 2 saturated heterocycles. The molecular formula is C16H23N5O15P2-2. The Morgan fingerprint density at radius 2 is 1.76 bits per heavy atom. The standard InChI is InChI=1S/C16H25N5O15P2/c1-4-7(22)9(24)11(26)15(33-4)35-38(30,31)36-37(28,29)32-2-5-8(23)10(25)14(34-5)21-3-18-6-12(21)19-16(17)20-13(6)27/h3-5,7-11,14-15,22-26H,2H2,1H3,(H,28,29)(H,30,31)(H3,17,19,20,27)/p-2/t4-,5-,7-,8-,9+,10-,11+,14-,15-/m1/s1. The van der Waals surface area contributed by atoms with Gasteiger partial charge in [0.2, 0.25) is 5.95 Å². The Kier molecular flexibility index (Phi) is 8.12. The van der Waals surface area contributed by atoms with Gasteiger partial charge in [0.25, 0.3) is 21.2 Å². The highest BCUT2D eigenvalue weighted by molar-refractivity contribution is 7.59. The number of imidazole rings is 1. The third-order valence-corrected chi connectivity index (χ3v) is 8.23. The number of phosphoric acid groups is 2. The number of aliphatic hydroxyl groups excluding tert-OH is 5. The Labute approximate surface area is 211 Å². The van der Waals surface area contributed by atoms with Crippen LogP contribution in [-0.4, -0.2) is 101 Å². The molecule has 2 aliphatic rings. The Hall–Kier alpha value is -1.87. The number of hydrogen-bond donors (Lipinski definition) is 7. The molecular weight excluding hydrogens is 564 g/mol. The van der Waals surface area contributed by atoms with Crippen LogP contribution in [0.1, 0.15) is 13.2 Å². The van der Waals surface area contributed by atoms with Crippen LogP contribution in [0.5, 0.6) is 0 Å². The molecule has 4 rings (SSSR count). The lowest BCUT2D eigenvalue weighted by molar-refractivity contribution is -0.299. The number of anilines is 1. The van der Waals surface area contributed by atoms with Crippen LogP contribution in [0.25, 0.3) is 11.2 Å². The molecule has 2 aromatic heterocycles. The van der Waals surface area contributed by atoms with Crippen molar-refractivity contribution in [2.45, 2.75) is 62.2 Å². The van der Waals surface area contributed by atoms with Crippen LogP contribution < -0.4 is 21.1 Å². The van der Waals surface area contributed by atoms with Crippen molar-refractivity contribution in [3.8, 4) is 0 Å². The minimum atomic E-state index is -5.82. The van der Waals surface area contributed by atoms with Crippen LogP contribution in [0.4, 0.5) is 5.95 Å². The molecule has 0 amide bonds. The second-order valence-electron chi connectivity index (χ2n) is 8.38. The first-order valence-corrected chi connectivity index (χ1v) is 13.6. The van der Waals surface area contributed by atoms with Gasteiger partial charge in [-0.05, 0) is 6.92 Å². The molecule has 8 N–H and O–H groups in total. The zero-order chi connectivity index (χ0) is 28.2. The largest absolute Gasteiger partial charge is 0.756 e. The molecule has 0 spiro atoms. The molecule has 2 aromatic rings. The van der Waals surface area contributed by atoms with Crippen LogP contribution in [0.2, 0.25) is 0 Å². The number of rotatable bonds is 8. The van der Waals surface area contributed by atoms with E-state index in [1.807, 2.05) is 0 Å². The number of aromatic nitrogens is 4. The SMILES string of the molecule is C[C@H]1O[C@H](OP(=O)([O-])OP(=O)([O-])OC[C@H]2O[C@@H](n3cnc4c(=O)[nH]c(N)nc43)[C@H](O)[C@@H]2O)[C@@H](O)[C@@H](O)[C@@H]1O. The molecule has 2 fully saturated rings. The van der Waals surface area contributed by atoms with Gasteiger partial charge in [0, 0.05) is 0 Å². The Balaban J connectivity index is 1.39. The highest BCUT2D eigenvalue weighted by atomic mass is 31.3. The van der Waals surface area contributed by atoms with E-state index in [0.717, 1.165) is 10.9 Å². The summed E-state index contributed by atoms with van der Waals surface area (Å²) in [5.41, 5.74) is 4.52. The fourth-order valence-corrected chi connectivity index (χ4v) is 5.86. The Bertz CT molecular complexity index is 1320. The number of nitrogens with one attached hydrogen (secondary N) is 1. The fraction of sp³-hybridized carbons (Fsp3) is 0.688. The van der Waals surface area contributed by atoms with E-state index in [2.05, 4.69) is 28.3 Å². The van der Waals surface area contributed by atoms with E-state index < -0.39 is 83.1 Å². The quantitative estimate of drug-likeness (QED) is 0.142. The summed E-state index contributed by atoms with van der Waals surface area (Å²) in [6.45, 7) is 0.168. The lowest BCUT2D eigenvalue weighted by Gasteiger charge is -2.41. The molecule has 0 bridgehead atoms. The van der Waals surface area contributed by atoms with Crippen molar-refractivity contribution in [3.63, 3.8) is 0 Å². The van der Waals surface area contributed by atoms with Crippen LogP contribution in [0.15, 0.2) is 11.1 Å². The third kappa shape index (κ3) is 5.83. The van der Waals surface area contributed by atoms with Crippen molar-refractivity contribution in [2.75, 3.05) is 12.3 Å². The maximum atomic E-state index is 12.1. The number of ether oxygens (including phenoxy) is 2. The maximum Gasteiger partial charge on any atom is 0.280 e. The van der Waals surface area contributed by atoms with E-state index in [0.29, 0.717) is 0 Å². The zero-order valence-electron chi connectivity index (χ0n) is 19.1. The maximum absolute atomic E-state index is 12.1. The summed E-state index contributed by atoms with van der Waals surface area (Å²) < 4.78 is 48.3. The normalized spacial score (nSPS) is 37.2. The Morgan fingerprint density at radius 1 is 1.08 bits per heavy atom. The van der Waals surface area contributed by atoms with Crippen LogP contribution in [-0.2, 0) is 32.0 Å². The summed E-state index contributed by atoms with van der Waals surface area (Å²) in [4.78, 5) is 46.1. The number of phosphoric ester groups is 2. The van der Waals surface area contributed by atoms with Gasteiger partial charge < -0.3 is 55.1 Å². The van der Waals surface area contributed by atoms with Crippen molar-refractivity contribution in [1.82, 2.24) is 19.5 Å². The molecule has 20 nitrogen and oxygen atoms in total. The smallest absolute Gasteiger partial charge is 0.280 e. The van der Waals surface area contributed by atoms with Crippen LogP contribution in [0, 0.1) is 0 Å². The van der Waals surface area contributed by atoms with Crippen molar-refractivity contribution in [2.24, 2.45) is 0 Å². The van der Waals surface area contributed by atoms with Gasteiger partial charge >= 0.3 is 0 Å². The summed E-state index contributed by atoms with van der Waals surface area (Å²) >= 11 is 0. The van der Waals surface area contributed by atoms with Gasteiger partial charge in [-0.25, -0.2) is 9.29 Å². The average Bonchev–Trinajstić information content (AvgIpc) is 3.35. The molecule has 214 valence electrons. The van der Waals surface area contributed by atoms with Gasteiger partial charge in [0.1, 0.15) is 36.6 Å². The van der Waals surface area contributed by atoms with E-state index in [1.165, 1.54) is 6.92 Å². The first-order valence-electron chi connectivity index (χ1n) is 10.7. The Morgan fingerprint density at radius 3 is 2.45 bits per heavy atom. The van der Waals surface area contributed by atoms with Crippen molar-refractivity contribution >= 4 is 32.8 Å². The second-order valence-corrected chi connectivity index (χ2v) is 11.3. The van der Waals surface area contributed by atoms with E-state index in [9.17, 15) is 49.2 Å². The summed E-state index contributed by atoms with van der Waals surface area (Å²) in [5, 5.41) is 49.9. The van der Waals surface area contributed by atoms with Crippen LogP contribution >= 0.6 is 15.6 Å². The van der Waals surface area contributed by atoms with Crippen LogP contribution in [0.3, 0.4) is 0 Å². The predicted molar refractivity (Wildman–Crippen MR) is 114 cm³/mol. The number of fused-ring (bicyclic) bond motifs is 1. The molecule has 4 heterocycles. The minimum absolute atomic E-state index is 0.120. The highest BCUT2D eigenvalue weighted by Gasteiger charge is 2.46. The molecule has 0 aromatic carbocycles. The van der Waals surface area contributed by atoms with E-state index in [4.69, 9.17) is 15.2 Å². The molecule has 0 saturated carbocycles. The number of H-pyrrole nitrogens is 1. The van der Waals surface area contributed by atoms with Gasteiger partial charge in [0.05, 0.1) is 19.0 Å². The molecule has 11 atom stereocenters. The van der Waals surface area contributed by atoms with Crippen molar-refractivity contribution in [1.29, 1.82) is 0 Å². The summed E-state index contributed by atoms with van der Waals surface area (Å²) in [7, 11) is -11.6. The van der Waals surface area contributed by atoms with Gasteiger partial charge in [-0.15, -0.1) is 0 Å². The first-order chi connectivity index (χ1) is 17.6. The lowest BCUT2D eigenvalue weighted by Crippen LogP contribution is -2.57. The second kappa shape index (κ2) is 10.6. The van der Waals surface area contributed by atoms with Gasteiger partial charge in [-0.3, -0.25) is 28.0 Å². The number of aromatic amines is 1. The molecule has 2 aliphatic heterocycles. The van der Waals surface area contributed by atoms with Crippen molar-refractivity contribution in [3.05, 3.63) is 16.7 Å². The average molecular weight is 587 g/mol. The van der Waals surface area contributed by atoms with E-state index >= 15 is 0 Å². The number of nitrogens with two attached hydrogens (primary N) is 1. The summed E-state index contributed by atoms with van der Waals surface area (Å²) in [6.07, 6.45) is -14.3. The van der Waals surface area contributed by atoms with Gasteiger partial charge in [-0.1, -0.05) is 0 Å². The number of aliphatic hydroxyl groups is 5. The summed E-state index contributed by atoms with van der Waals surface area (Å²) in [6, 6.07) is 0. The van der Waals surface area contributed by atoms with Gasteiger partial charge in [-0.2, -0.15) is 4.98 Å². The fourth-order valence-electron chi connectivity index (χ4n) is 3.78. The third-order valence-electron chi connectivity index (χ3n) is 5.70. The number of hydrogen-bond acceptors (Lipinski definition) is 18. The monoisotopic (exact) mass is 587 g/mol. The molecule has 38 heavy (non-hydrogen) atoms. The van der Waals surface area contributed by atoms with E-state index in [-0.39, 0.29) is 17.1 Å². The molecule has 0 radical (unpaired) electrons. The number of nitrogen functional groups attached to an aromatic ring is 1. The zero-order valence-corrected chi connectivity index (χ0v) is 20.9. The molecule has 0 aliphatic carbocycles.